The zero-order valence-corrected chi connectivity index (χ0v) is 16.1. The maximum absolute atomic E-state index is 12.8. The van der Waals surface area contributed by atoms with Crippen molar-refractivity contribution < 1.29 is 4.79 Å². The van der Waals surface area contributed by atoms with E-state index < -0.39 is 0 Å². The number of rotatable bonds is 4. The second kappa shape index (κ2) is 7.71. The number of hydrogen-bond donors (Lipinski definition) is 1. The zero-order valence-electron chi connectivity index (χ0n) is 15.4. The molecule has 4 rings (SSSR count). The molecular weight excluding hydrogens is 360 g/mol. The molecule has 1 saturated heterocycles. The lowest BCUT2D eigenvalue weighted by Crippen LogP contribution is -2.44. The van der Waals surface area contributed by atoms with Gasteiger partial charge in [0.2, 0.25) is 0 Å². The van der Waals surface area contributed by atoms with Crippen molar-refractivity contribution in [3.05, 3.63) is 65.1 Å². The number of piperidine rings is 1. The fraction of sp³-hybridized carbons (Fsp3) is 0.333. The van der Waals surface area contributed by atoms with Crippen LogP contribution in [0.25, 0.3) is 10.9 Å². The smallest absolute Gasteiger partial charge is 0.268 e. The first kappa shape index (κ1) is 18.0. The number of halogens is 1. The summed E-state index contributed by atoms with van der Waals surface area (Å²) in [7, 11) is 1.92. The van der Waals surface area contributed by atoms with Gasteiger partial charge in [-0.15, -0.1) is 0 Å². The Hall–Kier alpha value is -2.37. The number of aryl methyl sites for hydroxylation is 1. The molecular formula is C21H23ClN4O. The van der Waals surface area contributed by atoms with Gasteiger partial charge in [-0.25, -0.2) is 0 Å². The fourth-order valence-corrected chi connectivity index (χ4v) is 3.96. The molecule has 1 fully saturated rings. The van der Waals surface area contributed by atoms with Crippen LogP contribution in [0.5, 0.6) is 0 Å². The molecule has 1 amide bonds. The van der Waals surface area contributed by atoms with Crippen molar-refractivity contribution >= 4 is 28.4 Å². The van der Waals surface area contributed by atoms with E-state index in [0.29, 0.717) is 10.7 Å². The average molecular weight is 383 g/mol. The van der Waals surface area contributed by atoms with Gasteiger partial charge in [0.15, 0.2) is 0 Å². The average Bonchev–Trinajstić information content (AvgIpc) is 3.00. The predicted octanol–water partition coefficient (Wildman–Crippen LogP) is 3.62. The molecule has 140 valence electrons. The lowest BCUT2D eigenvalue weighted by atomic mass is 10.0. The standard InChI is InChI=1S/C21H23ClN4O/c1-25-19-5-4-17(22)11-16(19)12-20(25)21(27)24-18-6-9-26(10-7-18)14-15-3-2-8-23-13-15/h2-5,8,11-13,18H,6-7,9-10,14H2,1H3,(H,24,27). The highest BCUT2D eigenvalue weighted by molar-refractivity contribution is 6.31. The van der Waals surface area contributed by atoms with Gasteiger partial charge in [-0.2, -0.15) is 0 Å². The lowest BCUT2D eigenvalue weighted by molar-refractivity contribution is 0.0901. The van der Waals surface area contributed by atoms with Crippen LogP contribution < -0.4 is 5.32 Å². The van der Waals surface area contributed by atoms with Gasteiger partial charge in [-0.05, 0) is 48.7 Å². The summed E-state index contributed by atoms with van der Waals surface area (Å²) in [6.45, 7) is 2.87. The summed E-state index contributed by atoms with van der Waals surface area (Å²) in [5, 5.41) is 4.87. The van der Waals surface area contributed by atoms with Gasteiger partial charge in [-0.1, -0.05) is 17.7 Å². The minimum atomic E-state index is -0.0180. The Kier molecular flexibility index (Phi) is 5.14. The highest BCUT2D eigenvalue weighted by Crippen LogP contribution is 2.23. The SMILES string of the molecule is Cn1c(C(=O)NC2CCN(Cc3cccnc3)CC2)cc2cc(Cl)ccc21. The van der Waals surface area contributed by atoms with Crippen LogP contribution in [0.3, 0.4) is 0 Å². The van der Waals surface area contributed by atoms with Crippen LogP contribution >= 0.6 is 11.6 Å². The third-order valence-electron chi connectivity index (χ3n) is 5.29. The number of pyridine rings is 1. The fourth-order valence-electron chi connectivity index (χ4n) is 3.78. The Bertz CT molecular complexity index is 945. The van der Waals surface area contributed by atoms with Crippen molar-refractivity contribution in [1.29, 1.82) is 0 Å². The summed E-state index contributed by atoms with van der Waals surface area (Å²) >= 11 is 6.07. The maximum Gasteiger partial charge on any atom is 0.268 e. The number of benzene rings is 1. The van der Waals surface area contributed by atoms with E-state index in [2.05, 4.69) is 21.3 Å². The van der Waals surface area contributed by atoms with E-state index in [1.54, 1.807) is 6.20 Å². The molecule has 1 aromatic carbocycles. The van der Waals surface area contributed by atoms with Crippen molar-refractivity contribution in [2.24, 2.45) is 7.05 Å². The van der Waals surface area contributed by atoms with Gasteiger partial charge in [-0.3, -0.25) is 14.7 Å². The Morgan fingerprint density at radius 1 is 1.26 bits per heavy atom. The summed E-state index contributed by atoms with van der Waals surface area (Å²) in [6.07, 6.45) is 5.63. The molecule has 0 bridgehead atoms. The van der Waals surface area contributed by atoms with Crippen molar-refractivity contribution in [2.75, 3.05) is 13.1 Å². The normalized spacial score (nSPS) is 15.9. The summed E-state index contributed by atoms with van der Waals surface area (Å²) < 4.78 is 1.93. The maximum atomic E-state index is 12.8. The molecule has 0 unspecified atom stereocenters. The monoisotopic (exact) mass is 382 g/mol. The highest BCUT2D eigenvalue weighted by Gasteiger charge is 2.22. The first-order valence-electron chi connectivity index (χ1n) is 9.27. The van der Waals surface area contributed by atoms with E-state index in [9.17, 15) is 4.79 Å². The van der Waals surface area contributed by atoms with E-state index in [4.69, 9.17) is 11.6 Å². The van der Waals surface area contributed by atoms with Crippen LogP contribution in [-0.2, 0) is 13.6 Å². The van der Waals surface area contributed by atoms with Crippen LogP contribution in [0.2, 0.25) is 5.02 Å². The summed E-state index contributed by atoms with van der Waals surface area (Å²) in [6, 6.07) is 11.9. The van der Waals surface area contributed by atoms with Crippen molar-refractivity contribution in [2.45, 2.75) is 25.4 Å². The Balaban J connectivity index is 1.36. The molecule has 6 heteroatoms. The summed E-state index contributed by atoms with van der Waals surface area (Å²) in [5.74, 6) is -0.0180. The molecule has 27 heavy (non-hydrogen) atoms. The number of carbonyl (C=O) groups is 1. The molecule has 2 aromatic heterocycles. The highest BCUT2D eigenvalue weighted by atomic mass is 35.5. The molecule has 0 atom stereocenters. The quantitative estimate of drug-likeness (QED) is 0.749. The molecule has 0 spiro atoms. The van der Waals surface area contributed by atoms with Crippen LogP contribution in [0.15, 0.2) is 48.8 Å². The number of amides is 1. The van der Waals surface area contributed by atoms with Gasteiger partial charge < -0.3 is 9.88 Å². The minimum Gasteiger partial charge on any atom is -0.348 e. The first-order chi connectivity index (χ1) is 13.1. The van der Waals surface area contributed by atoms with Crippen LogP contribution in [0.1, 0.15) is 28.9 Å². The Morgan fingerprint density at radius 3 is 2.81 bits per heavy atom. The molecule has 1 aliphatic rings. The number of carbonyl (C=O) groups excluding carboxylic acids is 1. The first-order valence-corrected chi connectivity index (χ1v) is 9.65. The van der Waals surface area contributed by atoms with Crippen molar-refractivity contribution in [1.82, 2.24) is 19.8 Å². The van der Waals surface area contributed by atoms with E-state index in [0.717, 1.165) is 43.4 Å². The second-order valence-corrected chi connectivity index (χ2v) is 7.61. The molecule has 0 saturated carbocycles. The predicted molar refractivity (Wildman–Crippen MR) is 108 cm³/mol. The van der Waals surface area contributed by atoms with E-state index >= 15 is 0 Å². The summed E-state index contributed by atoms with van der Waals surface area (Å²) in [4.78, 5) is 19.4. The molecule has 3 heterocycles. The molecule has 3 aromatic rings. The van der Waals surface area contributed by atoms with Crippen LogP contribution in [0.4, 0.5) is 0 Å². The zero-order chi connectivity index (χ0) is 18.8. The molecule has 1 N–H and O–H groups in total. The van der Waals surface area contributed by atoms with Crippen molar-refractivity contribution in [3.8, 4) is 0 Å². The topological polar surface area (TPSA) is 50.2 Å². The van der Waals surface area contributed by atoms with Gasteiger partial charge in [0.1, 0.15) is 5.69 Å². The minimum absolute atomic E-state index is 0.0180. The van der Waals surface area contributed by atoms with E-state index in [1.807, 2.05) is 48.1 Å². The summed E-state index contributed by atoms with van der Waals surface area (Å²) in [5.41, 5.74) is 2.91. The number of nitrogens with one attached hydrogen (secondary N) is 1. The van der Waals surface area contributed by atoms with E-state index in [-0.39, 0.29) is 11.9 Å². The largest absolute Gasteiger partial charge is 0.348 e. The van der Waals surface area contributed by atoms with E-state index in [1.165, 1.54) is 5.56 Å². The van der Waals surface area contributed by atoms with Gasteiger partial charge in [0, 0.05) is 61.0 Å². The molecule has 5 nitrogen and oxygen atoms in total. The number of hydrogen-bond acceptors (Lipinski definition) is 3. The molecule has 0 aliphatic carbocycles. The molecule has 0 radical (unpaired) electrons. The number of aromatic nitrogens is 2. The van der Waals surface area contributed by atoms with Gasteiger partial charge in [0.25, 0.3) is 5.91 Å². The van der Waals surface area contributed by atoms with Gasteiger partial charge >= 0.3 is 0 Å². The van der Waals surface area contributed by atoms with Crippen LogP contribution in [-0.4, -0.2) is 39.5 Å². The third kappa shape index (κ3) is 3.99. The number of fused-ring (bicyclic) bond motifs is 1. The molecule has 1 aliphatic heterocycles. The Morgan fingerprint density at radius 2 is 2.07 bits per heavy atom. The lowest BCUT2D eigenvalue weighted by Gasteiger charge is -2.32. The van der Waals surface area contributed by atoms with Gasteiger partial charge in [0.05, 0.1) is 0 Å². The second-order valence-electron chi connectivity index (χ2n) is 7.18. The van der Waals surface area contributed by atoms with Crippen LogP contribution in [0, 0.1) is 0 Å². The van der Waals surface area contributed by atoms with Crippen molar-refractivity contribution in [3.63, 3.8) is 0 Å². The number of likely N-dealkylation sites (tertiary alicyclic amines) is 1. The number of nitrogens with zero attached hydrogens (tertiary/aromatic N) is 3. The Labute approximate surface area is 163 Å². The third-order valence-corrected chi connectivity index (χ3v) is 5.52.